The average Bonchev–Trinajstić information content (AvgIpc) is 3.29. The monoisotopic (exact) mass is 416 g/mol. The molecular formula is C23H36N4O3. The molecular weight excluding hydrogens is 380 g/mol. The number of carbonyl (C=O) groups excluding carboxylic acids is 2. The summed E-state index contributed by atoms with van der Waals surface area (Å²) in [7, 11) is 0. The van der Waals surface area contributed by atoms with Crippen molar-refractivity contribution in [1.82, 2.24) is 10.6 Å². The second-order valence-corrected chi connectivity index (χ2v) is 8.17. The predicted octanol–water partition coefficient (Wildman–Crippen LogP) is 3.90. The molecule has 1 aliphatic heterocycles. The maximum atomic E-state index is 12.9. The summed E-state index contributed by atoms with van der Waals surface area (Å²) in [5.74, 6) is -0.107. The molecule has 1 saturated carbocycles. The Morgan fingerprint density at radius 2 is 1.87 bits per heavy atom. The number of nitrogens with zero attached hydrogens (tertiary/aromatic N) is 1. The van der Waals surface area contributed by atoms with Crippen LogP contribution in [0.4, 0.5) is 16.2 Å². The van der Waals surface area contributed by atoms with Crippen LogP contribution in [0.15, 0.2) is 18.2 Å². The van der Waals surface area contributed by atoms with Gasteiger partial charge in [-0.15, -0.1) is 0 Å². The van der Waals surface area contributed by atoms with E-state index in [2.05, 4.69) is 20.9 Å². The molecule has 1 aromatic carbocycles. The molecule has 2 fully saturated rings. The molecule has 1 aromatic rings. The third kappa shape index (κ3) is 6.62. The zero-order valence-corrected chi connectivity index (χ0v) is 18.2. The van der Waals surface area contributed by atoms with E-state index in [9.17, 15) is 9.59 Å². The largest absolute Gasteiger partial charge is 0.382 e. The first kappa shape index (κ1) is 22.4. The Balaban J connectivity index is 1.64. The number of anilines is 2. The van der Waals surface area contributed by atoms with Crippen molar-refractivity contribution in [2.45, 2.75) is 64.3 Å². The summed E-state index contributed by atoms with van der Waals surface area (Å²) in [6, 6.07) is 5.69. The van der Waals surface area contributed by atoms with Crippen LogP contribution in [0.2, 0.25) is 0 Å². The number of carbonyl (C=O) groups is 2. The summed E-state index contributed by atoms with van der Waals surface area (Å²) in [6.07, 6.45) is 8.72. The topological polar surface area (TPSA) is 82.7 Å². The van der Waals surface area contributed by atoms with E-state index in [1.165, 1.54) is 19.3 Å². The highest BCUT2D eigenvalue weighted by atomic mass is 16.5. The molecule has 0 spiro atoms. The van der Waals surface area contributed by atoms with Crippen molar-refractivity contribution in [2.24, 2.45) is 0 Å². The van der Waals surface area contributed by atoms with Gasteiger partial charge in [0.15, 0.2) is 0 Å². The average molecular weight is 417 g/mol. The van der Waals surface area contributed by atoms with Crippen molar-refractivity contribution in [2.75, 3.05) is 43.1 Å². The van der Waals surface area contributed by atoms with Gasteiger partial charge < -0.3 is 25.6 Å². The van der Waals surface area contributed by atoms with Gasteiger partial charge in [0.1, 0.15) is 0 Å². The predicted molar refractivity (Wildman–Crippen MR) is 120 cm³/mol. The molecule has 1 heterocycles. The van der Waals surface area contributed by atoms with E-state index in [4.69, 9.17) is 4.74 Å². The second-order valence-electron chi connectivity index (χ2n) is 8.17. The molecule has 1 aliphatic carbocycles. The standard InChI is InChI=1S/C23H36N4O3/c1-2-30-16-8-13-24-22(28)20-17-19(11-12-21(20)27-14-6-7-15-27)26-23(29)25-18-9-4-3-5-10-18/h11-12,17-18H,2-10,13-16H2,1H3,(H,24,28)(H2,25,26,29). The van der Waals surface area contributed by atoms with E-state index in [1.54, 1.807) is 6.07 Å². The summed E-state index contributed by atoms with van der Waals surface area (Å²) in [5.41, 5.74) is 2.20. The molecule has 0 radical (unpaired) electrons. The van der Waals surface area contributed by atoms with Crippen molar-refractivity contribution in [1.29, 1.82) is 0 Å². The Kier molecular flexibility index (Phi) is 8.81. The van der Waals surface area contributed by atoms with Gasteiger partial charge in [0, 0.05) is 50.3 Å². The van der Waals surface area contributed by atoms with E-state index in [0.29, 0.717) is 31.0 Å². The van der Waals surface area contributed by atoms with Crippen LogP contribution in [-0.2, 0) is 4.74 Å². The first-order valence-corrected chi connectivity index (χ1v) is 11.5. The molecule has 7 heteroatoms. The molecule has 1 saturated heterocycles. The normalized spacial score (nSPS) is 17.0. The van der Waals surface area contributed by atoms with Crippen molar-refractivity contribution >= 4 is 23.3 Å². The van der Waals surface area contributed by atoms with Crippen LogP contribution in [0.3, 0.4) is 0 Å². The summed E-state index contributed by atoms with van der Waals surface area (Å²) >= 11 is 0. The number of rotatable bonds is 9. The molecule has 166 valence electrons. The smallest absolute Gasteiger partial charge is 0.319 e. The molecule has 0 atom stereocenters. The maximum absolute atomic E-state index is 12.9. The highest BCUT2D eigenvalue weighted by molar-refractivity contribution is 6.02. The Labute approximate surface area is 179 Å². The lowest BCUT2D eigenvalue weighted by Crippen LogP contribution is -2.39. The maximum Gasteiger partial charge on any atom is 0.319 e. The Hall–Kier alpha value is -2.28. The number of benzene rings is 1. The molecule has 0 aromatic heterocycles. The van der Waals surface area contributed by atoms with Gasteiger partial charge in [0.05, 0.1) is 5.56 Å². The van der Waals surface area contributed by atoms with E-state index in [0.717, 1.165) is 50.9 Å². The Morgan fingerprint density at radius 3 is 2.60 bits per heavy atom. The molecule has 0 unspecified atom stereocenters. The molecule has 7 nitrogen and oxygen atoms in total. The van der Waals surface area contributed by atoms with Crippen LogP contribution in [-0.4, -0.2) is 50.8 Å². The fourth-order valence-electron chi connectivity index (χ4n) is 4.24. The number of amides is 3. The van der Waals surface area contributed by atoms with Crippen molar-refractivity contribution in [3.63, 3.8) is 0 Å². The van der Waals surface area contributed by atoms with Crippen LogP contribution in [0, 0.1) is 0 Å². The summed E-state index contributed by atoms with van der Waals surface area (Å²) in [4.78, 5) is 27.6. The number of ether oxygens (including phenoxy) is 1. The highest BCUT2D eigenvalue weighted by Gasteiger charge is 2.21. The van der Waals surface area contributed by atoms with Crippen LogP contribution in [0.25, 0.3) is 0 Å². The molecule has 0 bridgehead atoms. The number of urea groups is 1. The van der Waals surface area contributed by atoms with Gasteiger partial charge in [-0.1, -0.05) is 19.3 Å². The van der Waals surface area contributed by atoms with Gasteiger partial charge in [-0.3, -0.25) is 4.79 Å². The molecule has 3 rings (SSSR count). The van der Waals surface area contributed by atoms with Gasteiger partial charge >= 0.3 is 6.03 Å². The van der Waals surface area contributed by atoms with Crippen molar-refractivity contribution in [3.05, 3.63) is 23.8 Å². The quantitative estimate of drug-likeness (QED) is 0.533. The fourth-order valence-corrected chi connectivity index (χ4v) is 4.24. The van der Waals surface area contributed by atoms with Gasteiger partial charge in [0.25, 0.3) is 5.91 Å². The van der Waals surface area contributed by atoms with E-state index < -0.39 is 0 Å². The number of hydrogen-bond acceptors (Lipinski definition) is 4. The van der Waals surface area contributed by atoms with Gasteiger partial charge in [-0.05, 0) is 57.2 Å². The second kappa shape index (κ2) is 11.8. The van der Waals surface area contributed by atoms with Gasteiger partial charge in [-0.2, -0.15) is 0 Å². The zero-order valence-electron chi connectivity index (χ0n) is 18.2. The Bertz CT molecular complexity index is 698. The number of nitrogens with one attached hydrogen (secondary N) is 3. The SMILES string of the molecule is CCOCCCNC(=O)c1cc(NC(=O)NC2CCCCC2)ccc1N1CCCC1. The number of hydrogen-bond donors (Lipinski definition) is 3. The third-order valence-corrected chi connectivity index (χ3v) is 5.84. The first-order chi connectivity index (χ1) is 14.7. The van der Waals surface area contributed by atoms with Crippen LogP contribution in [0.1, 0.15) is 68.6 Å². The molecule has 3 amide bonds. The van der Waals surface area contributed by atoms with Crippen molar-refractivity contribution in [3.8, 4) is 0 Å². The highest BCUT2D eigenvalue weighted by Crippen LogP contribution is 2.27. The molecule has 3 N–H and O–H groups in total. The summed E-state index contributed by atoms with van der Waals surface area (Å²) in [5, 5.41) is 8.98. The minimum atomic E-state index is -0.195. The van der Waals surface area contributed by atoms with Crippen molar-refractivity contribution < 1.29 is 14.3 Å². The van der Waals surface area contributed by atoms with Gasteiger partial charge in [-0.25, -0.2) is 4.79 Å². The van der Waals surface area contributed by atoms with E-state index in [-0.39, 0.29) is 18.0 Å². The minimum Gasteiger partial charge on any atom is -0.382 e. The molecule has 2 aliphatic rings. The fraction of sp³-hybridized carbons (Fsp3) is 0.652. The van der Waals surface area contributed by atoms with Crippen LogP contribution >= 0.6 is 0 Å². The summed E-state index contributed by atoms with van der Waals surface area (Å²) < 4.78 is 5.34. The third-order valence-electron chi connectivity index (χ3n) is 5.84. The van der Waals surface area contributed by atoms with Crippen LogP contribution in [0.5, 0.6) is 0 Å². The van der Waals surface area contributed by atoms with E-state index >= 15 is 0 Å². The first-order valence-electron chi connectivity index (χ1n) is 11.5. The Morgan fingerprint density at radius 1 is 1.10 bits per heavy atom. The van der Waals surface area contributed by atoms with E-state index in [1.807, 2.05) is 19.1 Å². The lowest BCUT2D eigenvalue weighted by Gasteiger charge is -2.24. The summed E-state index contributed by atoms with van der Waals surface area (Å²) in [6.45, 7) is 5.77. The lowest BCUT2D eigenvalue weighted by molar-refractivity contribution is 0.0944. The lowest BCUT2D eigenvalue weighted by atomic mass is 9.96. The van der Waals surface area contributed by atoms with Crippen LogP contribution < -0.4 is 20.9 Å². The minimum absolute atomic E-state index is 0.107. The van der Waals surface area contributed by atoms with Gasteiger partial charge in [0.2, 0.25) is 0 Å². The molecule has 30 heavy (non-hydrogen) atoms. The zero-order chi connectivity index (χ0) is 21.2.